The number of amides is 2. The van der Waals surface area contributed by atoms with Crippen LogP contribution in [0.4, 0.5) is 11.4 Å². The largest absolute Gasteiger partial charge is 0.495 e. The summed E-state index contributed by atoms with van der Waals surface area (Å²) in [5, 5.41) is 5.34. The molecular weight excluding hydrogens is 260 g/mol. The van der Waals surface area contributed by atoms with E-state index >= 15 is 0 Å². The van der Waals surface area contributed by atoms with E-state index in [1.165, 1.54) is 26.6 Å². The van der Waals surface area contributed by atoms with Crippen LogP contribution in [0.3, 0.4) is 0 Å². The molecule has 0 radical (unpaired) electrons. The molecule has 2 rings (SSSR count). The Bertz CT molecular complexity index is 620. The van der Waals surface area contributed by atoms with E-state index in [2.05, 4.69) is 10.6 Å². The Hall–Kier alpha value is -2.76. The summed E-state index contributed by atoms with van der Waals surface area (Å²) in [6.07, 6.45) is 2.78. The summed E-state index contributed by atoms with van der Waals surface area (Å²) in [6.45, 7) is 1.40. The third kappa shape index (κ3) is 3.17. The monoisotopic (exact) mass is 274 g/mol. The summed E-state index contributed by atoms with van der Waals surface area (Å²) in [6, 6.07) is 6.53. The average molecular weight is 274 g/mol. The fourth-order valence-corrected chi connectivity index (χ4v) is 1.67. The standard InChI is InChI=1S/C14H14N2O4/c1-9(17)15-12-7-11(3-4-13(12)19-2)16-14(18)10-5-6-20-8-10/h3-8H,1-2H3,(H,15,17)(H,16,18). The van der Waals surface area contributed by atoms with E-state index < -0.39 is 0 Å². The highest BCUT2D eigenvalue weighted by atomic mass is 16.5. The first-order chi connectivity index (χ1) is 9.60. The van der Waals surface area contributed by atoms with Gasteiger partial charge in [0.2, 0.25) is 5.91 Å². The van der Waals surface area contributed by atoms with Crippen LogP contribution in [0.5, 0.6) is 5.75 Å². The zero-order chi connectivity index (χ0) is 14.5. The van der Waals surface area contributed by atoms with Crippen molar-refractivity contribution in [3.63, 3.8) is 0 Å². The van der Waals surface area contributed by atoms with Crippen LogP contribution in [-0.2, 0) is 4.79 Å². The van der Waals surface area contributed by atoms with Crippen LogP contribution >= 0.6 is 0 Å². The Morgan fingerprint density at radius 2 is 2.00 bits per heavy atom. The molecule has 0 aliphatic heterocycles. The first-order valence-corrected chi connectivity index (χ1v) is 5.89. The lowest BCUT2D eigenvalue weighted by atomic mass is 10.2. The smallest absolute Gasteiger partial charge is 0.258 e. The van der Waals surface area contributed by atoms with Crippen LogP contribution < -0.4 is 15.4 Å². The fourth-order valence-electron chi connectivity index (χ4n) is 1.67. The predicted molar refractivity (Wildman–Crippen MR) is 74.0 cm³/mol. The molecule has 104 valence electrons. The third-order valence-corrected chi connectivity index (χ3v) is 2.55. The number of carbonyl (C=O) groups is 2. The van der Waals surface area contributed by atoms with Crippen LogP contribution in [0.2, 0.25) is 0 Å². The number of furan rings is 1. The Morgan fingerprint density at radius 3 is 2.60 bits per heavy atom. The summed E-state index contributed by atoms with van der Waals surface area (Å²) in [5.74, 6) is 0.000753. The van der Waals surface area contributed by atoms with Gasteiger partial charge in [-0.3, -0.25) is 9.59 Å². The first-order valence-electron chi connectivity index (χ1n) is 5.89. The van der Waals surface area contributed by atoms with E-state index in [0.717, 1.165) is 0 Å². The second kappa shape index (κ2) is 5.92. The minimum atomic E-state index is -0.294. The van der Waals surface area contributed by atoms with Crippen molar-refractivity contribution in [2.45, 2.75) is 6.92 Å². The molecule has 1 aromatic heterocycles. The highest BCUT2D eigenvalue weighted by Crippen LogP contribution is 2.28. The Balaban J connectivity index is 2.20. The van der Waals surface area contributed by atoms with Gasteiger partial charge in [-0.25, -0.2) is 0 Å². The van der Waals surface area contributed by atoms with Crippen molar-refractivity contribution in [3.05, 3.63) is 42.4 Å². The summed E-state index contributed by atoms with van der Waals surface area (Å²) in [7, 11) is 1.50. The average Bonchev–Trinajstić information content (AvgIpc) is 2.92. The van der Waals surface area contributed by atoms with Crippen molar-refractivity contribution in [2.75, 3.05) is 17.7 Å². The fraction of sp³-hybridized carbons (Fsp3) is 0.143. The van der Waals surface area contributed by atoms with Crippen LogP contribution in [0.25, 0.3) is 0 Å². The number of rotatable bonds is 4. The topological polar surface area (TPSA) is 80.6 Å². The van der Waals surface area contributed by atoms with Crippen LogP contribution in [0.1, 0.15) is 17.3 Å². The number of nitrogens with one attached hydrogen (secondary N) is 2. The summed E-state index contributed by atoms with van der Waals surface area (Å²) in [4.78, 5) is 23.0. The molecule has 0 spiro atoms. The molecular formula is C14H14N2O4. The van der Waals surface area contributed by atoms with Gasteiger partial charge in [0.25, 0.3) is 5.91 Å². The quantitative estimate of drug-likeness (QED) is 0.897. The molecule has 0 saturated carbocycles. The van der Waals surface area contributed by atoms with Gasteiger partial charge in [-0.15, -0.1) is 0 Å². The molecule has 0 fully saturated rings. The maximum Gasteiger partial charge on any atom is 0.258 e. The SMILES string of the molecule is COc1ccc(NC(=O)c2ccoc2)cc1NC(C)=O. The Labute approximate surface area is 115 Å². The number of carbonyl (C=O) groups excluding carboxylic acids is 2. The highest BCUT2D eigenvalue weighted by molar-refractivity contribution is 6.04. The molecule has 6 nitrogen and oxygen atoms in total. The molecule has 6 heteroatoms. The first kappa shape index (κ1) is 13.7. The van der Waals surface area contributed by atoms with Crippen molar-refractivity contribution in [1.29, 1.82) is 0 Å². The van der Waals surface area contributed by atoms with E-state index in [4.69, 9.17) is 9.15 Å². The lowest BCUT2D eigenvalue weighted by Crippen LogP contribution is -2.12. The van der Waals surface area contributed by atoms with Crippen molar-refractivity contribution >= 4 is 23.2 Å². The minimum absolute atomic E-state index is 0.221. The molecule has 2 amide bonds. The van der Waals surface area contributed by atoms with Crippen molar-refractivity contribution < 1.29 is 18.7 Å². The Kier molecular flexibility index (Phi) is 4.05. The molecule has 0 aliphatic rings. The van der Waals surface area contributed by atoms with E-state index in [1.54, 1.807) is 24.3 Å². The third-order valence-electron chi connectivity index (χ3n) is 2.55. The summed E-state index contributed by atoms with van der Waals surface area (Å²) < 4.78 is 9.98. The van der Waals surface area contributed by atoms with Gasteiger partial charge in [0, 0.05) is 12.6 Å². The van der Waals surface area contributed by atoms with Gasteiger partial charge < -0.3 is 19.8 Å². The lowest BCUT2D eigenvalue weighted by molar-refractivity contribution is -0.114. The van der Waals surface area contributed by atoms with Crippen molar-refractivity contribution in [2.24, 2.45) is 0 Å². The second-order valence-corrected chi connectivity index (χ2v) is 4.06. The van der Waals surface area contributed by atoms with Crippen molar-refractivity contribution in [3.8, 4) is 5.75 Å². The van der Waals surface area contributed by atoms with Gasteiger partial charge >= 0.3 is 0 Å². The highest BCUT2D eigenvalue weighted by Gasteiger charge is 2.10. The van der Waals surface area contributed by atoms with Crippen LogP contribution in [0, 0.1) is 0 Å². The summed E-state index contributed by atoms with van der Waals surface area (Å²) >= 11 is 0. The molecule has 0 saturated heterocycles. The number of methoxy groups -OCH3 is 1. The molecule has 0 aliphatic carbocycles. The number of hydrogen-bond donors (Lipinski definition) is 2. The minimum Gasteiger partial charge on any atom is -0.495 e. The molecule has 0 unspecified atom stereocenters. The molecule has 1 aromatic carbocycles. The molecule has 2 N–H and O–H groups in total. The number of benzene rings is 1. The van der Waals surface area contributed by atoms with E-state index in [0.29, 0.717) is 22.7 Å². The zero-order valence-corrected chi connectivity index (χ0v) is 11.1. The Morgan fingerprint density at radius 1 is 1.20 bits per heavy atom. The molecule has 0 bridgehead atoms. The van der Waals surface area contributed by atoms with E-state index in [-0.39, 0.29) is 11.8 Å². The molecule has 1 heterocycles. The lowest BCUT2D eigenvalue weighted by Gasteiger charge is -2.11. The maximum absolute atomic E-state index is 11.9. The molecule has 0 atom stereocenters. The predicted octanol–water partition coefficient (Wildman–Crippen LogP) is 2.50. The number of ether oxygens (including phenoxy) is 1. The number of hydrogen-bond acceptors (Lipinski definition) is 4. The van der Waals surface area contributed by atoms with Gasteiger partial charge in [0.1, 0.15) is 12.0 Å². The van der Waals surface area contributed by atoms with Gasteiger partial charge in [0.15, 0.2) is 0 Å². The van der Waals surface area contributed by atoms with Gasteiger partial charge in [-0.1, -0.05) is 0 Å². The summed E-state index contributed by atoms with van der Waals surface area (Å²) in [5.41, 5.74) is 1.45. The molecule has 20 heavy (non-hydrogen) atoms. The van der Waals surface area contributed by atoms with E-state index in [1.807, 2.05) is 0 Å². The van der Waals surface area contributed by atoms with Gasteiger partial charge in [-0.05, 0) is 24.3 Å². The van der Waals surface area contributed by atoms with Crippen LogP contribution in [-0.4, -0.2) is 18.9 Å². The molecule has 2 aromatic rings. The van der Waals surface area contributed by atoms with Crippen LogP contribution in [0.15, 0.2) is 41.2 Å². The van der Waals surface area contributed by atoms with Gasteiger partial charge in [-0.2, -0.15) is 0 Å². The van der Waals surface area contributed by atoms with E-state index in [9.17, 15) is 9.59 Å². The van der Waals surface area contributed by atoms with Gasteiger partial charge in [0.05, 0.1) is 24.6 Å². The van der Waals surface area contributed by atoms with Crippen molar-refractivity contribution in [1.82, 2.24) is 0 Å². The normalized spacial score (nSPS) is 9.90. The zero-order valence-electron chi connectivity index (χ0n) is 11.1. The maximum atomic E-state index is 11.9. The number of anilines is 2. The second-order valence-electron chi connectivity index (χ2n) is 4.06.